The fourth-order valence-corrected chi connectivity index (χ4v) is 3.95. The van der Waals surface area contributed by atoms with Crippen molar-refractivity contribution >= 4 is 16.8 Å². The van der Waals surface area contributed by atoms with Gasteiger partial charge in [0.2, 0.25) is 0 Å². The molecule has 2 aromatic rings. The van der Waals surface area contributed by atoms with Gasteiger partial charge in [0, 0.05) is 37.0 Å². The Labute approximate surface area is 170 Å². The summed E-state index contributed by atoms with van der Waals surface area (Å²) < 4.78 is 13.0. The van der Waals surface area contributed by atoms with Crippen molar-refractivity contribution in [2.24, 2.45) is 4.99 Å². The highest BCUT2D eigenvalue weighted by molar-refractivity contribution is 8.13. The van der Waals surface area contributed by atoms with E-state index < -0.39 is 0 Å². The van der Waals surface area contributed by atoms with Crippen LogP contribution in [0.5, 0.6) is 11.5 Å². The van der Waals surface area contributed by atoms with E-state index in [1.54, 1.807) is 26.0 Å². The Bertz CT molecular complexity index is 893. The van der Waals surface area contributed by atoms with Crippen LogP contribution in [-0.2, 0) is 13.1 Å². The van der Waals surface area contributed by atoms with Crippen LogP contribution in [0, 0.1) is 0 Å². The molecule has 0 fully saturated rings. The number of benzene rings is 1. The van der Waals surface area contributed by atoms with Gasteiger partial charge in [0.1, 0.15) is 16.5 Å². The Morgan fingerprint density at radius 1 is 1.29 bits per heavy atom. The zero-order valence-electron chi connectivity index (χ0n) is 17.1. The van der Waals surface area contributed by atoms with E-state index in [9.17, 15) is 0 Å². The summed E-state index contributed by atoms with van der Waals surface area (Å²) in [4.78, 5) is 6.90. The molecule has 28 heavy (non-hydrogen) atoms. The van der Waals surface area contributed by atoms with Gasteiger partial charge in [-0.15, -0.1) is 22.0 Å². The standard InChI is InChI=1S/C20H27N5O2S/c1-13(2)21-20(28-6)19-23-22-18-14(3)24(9-10-25(18)19)12-15-7-8-16(26-4)11-17(15)27-5/h7-8,11,14H,1,9-10,12H2,2-6H3/t14-/m1/s1. The highest BCUT2D eigenvalue weighted by Crippen LogP contribution is 2.31. The van der Waals surface area contributed by atoms with Gasteiger partial charge in [0.25, 0.3) is 0 Å². The monoisotopic (exact) mass is 401 g/mol. The summed E-state index contributed by atoms with van der Waals surface area (Å²) in [5, 5.41) is 9.75. The van der Waals surface area contributed by atoms with Gasteiger partial charge in [0.15, 0.2) is 11.6 Å². The van der Waals surface area contributed by atoms with Gasteiger partial charge in [-0.1, -0.05) is 12.6 Å². The number of hydrogen-bond acceptors (Lipinski definition) is 7. The first-order valence-corrected chi connectivity index (χ1v) is 10.4. The fraction of sp³-hybridized carbons (Fsp3) is 0.450. The predicted molar refractivity (Wildman–Crippen MR) is 113 cm³/mol. The number of methoxy groups -OCH3 is 2. The highest BCUT2D eigenvalue weighted by atomic mass is 32.2. The van der Waals surface area contributed by atoms with Crippen molar-refractivity contribution in [2.75, 3.05) is 27.0 Å². The van der Waals surface area contributed by atoms with E-state index in [-0.39, 0.29) is 6.04 Å². The molecule has 1 aliphatic heterocycles. The van der Waals surface area contributed by atoms with Crippen LogP contribution in [0.25, 0.3) is 0 Å². The van der Waals surface area contributed by atoms with Crippen LogP contribution in [0.15, 0.2) is 35.5 Å². The molecular formula is C20H27N5O2S. The van der Waals surface area contributed by atoms with E-state index in [4.69, 9.17) is 9.47 Å². The van der Waals surface area contributed by atoms with Crippen LogP contribution in [0.3, 0.4) is 0 Å². The largest absolute Gasteiger partial charge is 0.497 e. The molecule has 7 nitrogen and oxygen atoms in total. The third kappa shape index (κ3) is 4.07. The van der Waals surface area contributed by atoms with E-state index in [0.29, 0.717) is 0 Å². The average Bonchev–Trinajstić information content (AvgIpc) is 3.13. The molecule has 0 aliphatic carbocycles. The van der Waals surface area contributed by atoms with Crippen LogP contribution in [0.1, 0.15) is 37.1 Å². The van der Waals surface area contributed by atoms with Crippen molar-refractivity contribution in [1.82, 2.24) is 19.7 Å². The summed E-state index contributed by atoms with van der Waals surface area (Å²) in [6.07, 6.45) is 2.00. The van der Waals surface area contributed by atoms with E-state index in [1.807, 2.05) is 25.3 Å². The van der Waals surface area contributed by atoms with E-state index in [2.05, 4.69) is 44.2 Å². The number of fused-ring (bicyclic) bond motifs is 1. The van der Waals surface area contributed by atoms with Gasteiger partial charge in [-0.25, -0.2) is 4.99 Å². The first-order valence-electron chi connectivity index (χ1n) is 9.15. The van der Waals surface area contributed by atoms with Gasteiger partial charge in [-0.3, -0.25) is 4.90 Å². The summed E-state index contributed by atoms with van der Waals surface area (Å²) >= 11 is 1.57. The summed E-state index contributed by atoms with van der Waals surface area (Å²) in [7, 11) is 3.34. The van der Waals surface area contributed by atoms with Crippen molar-refractivity contribution in [3.63, 3.8) is 0 Å². The minimum Gasteiger partial charge on any atom is -0.497 e. The number of thioether (sulfide) groups is 1. The number of aliphatic imine (C=N–C) groups is 1. The molecule has 1 atom stereocenters. The Balaban J connectivity index is 1.85. The number of aromatic nitrogens is 3. The molecule has 3 rings (SSSR count). The molecule has 0 saturated heterocycles. The molecule has 0 spiro atoms. The molecule has 1 aromatic heterocycles. The number of nitrogens with zero attached hydrogens (tertiary/aromatic N) is 5. The first-order chi connectivity index (χ1) is 13.5. The Morgan fingerprint density at radius 2 is 2.07 bits per heavy atom. The third-order valence-electron chi connectivity index (χ3n) is 4.86. The number of rotatable bonds is 6. The Kier molecular flexibility index (Phi) is 6.41. The quantitative estimate of drug-likeness (QED) is 0.545. The normalized spacial score (nSPS) is 17.3. The molecule has 0 unspecified atom stereocenters. The summed E-state index contributed by atoms with van der Waals surface area (Å²) in [5.74, 6) is 3.40. The molecule has 0 radical (unpaired) electrons. The lowest BCUT2D eigenvalue weighted by atomic mass is 10.1. The van der Waals surface area contributed by atoms with E-state index in [0.717, 1.165) is 59.1 Å². The fourth-order valence-electron chi connectivity index (χ4n) is 3.37. The maximum absolute atomic E-state index is 5.55. The van der Waals surface area contributed by atoms with Crippen LogP contribution < -0.4 is 9.47 Å². The maximum atomic E-state index is 5.55. The van der Waals surface area contributed by atoms with Crippen molar-refractivity contribution in [1.29, 1.82) is 0 Å². The highest BCUT2D eigenvalue weighted by Gasteiger charge is 2.30. The minimum atomic E-state index is 0.134. The summed E-state index contributed by atoms with van der Waals surface area (Å²) in [5.41, 5.74) is 1.88. The molecule has 2 heterocycles. The first kappa shape index (κ1) is 20.4. The molecule has 0 saturated carbocycles. The SMILES string of the molecule is C=C(C)N=C(SC)c1nnc2n1CCN(Cc1ccc(OC)cc1OC)[C@@H]2C. The molecular weight excluding hydrogens is 374 g/mol. The lowest BCUT2D eigenvalue weighted by molar-refractivity contribution is 0.154. The van der Waals surface area contributed by atoms with Crippen LogP contribution in [0.4, 0.5) is 0 Å². The number of allylic oxidation sites excluding steroid dienone is 1. The summed E-state index contributed by atoms with van der Waals surface area (Å²) in [6, 6.07) is 6.07. The van der Waals surface area contributed by atoms with Crippen LogP contribution in [-0.4, -0.2) is 51.7 Å². The van der Waals surface area contributed by atoms with E-state index >= 15 is 0 Å². The second-order valence-electron chi connectivity index (χ2n) is 6.71. The maximum Gasteiger partial charge on any atom is 0.189 e. The molecule has 1 aromatic carbocycles. The summed E-state index contributed by atoms with van der Waals surface area (Å²) in [6.45, 7) is 10.4. The average molecular weight is 402 g/mol. The topological polar surface area (TPSA) is 64.8 Å². The predicted octanol–water partition coefficient (Wildman–Crippen LogP) is 3.52. The van der Waals surface area contributed by atoms with Crippen LogP contribution >= 0.6 is 11.8 Å². The second-order valence-corrected chi connectivity index (χ2v) is 7.51. The van der Waals surface area contributed by atoms with E-state index in [1.165, 1.54) is 0 Å². The number of ether oxygens (including phenoxy) is 2. The van der Waals surface area contributed by atoms with Crippen molar-refractivity contribution in [3.8, 4) is 11.5 Å². The minimum absolute atomic E-state index is 0.134. The van der Waals surface area contributed by atoms with Gasteiger partial charge in [0.05, 0.1) is 20.3 Å². The zero-order valence-corrected chi connectivity index (χ0v) is 17.9. The molecule has 1 aliphatic rings. The van der Waals surface area contributed by atoms with Crippen molar-refractivity contribution < 1.29 is 9.47 Å². The van der Waals surface area contributed by atoms with Gasteiger partial charge < -0.3 is 14.0 Å². The van der Waals surface area contributed by atoms with Gasteiger partial charge >= 0.3 is 0 Å². The molecule has 8 heteroatoms. The van der Waals surface area contributed by atoms with Crippen LogP contribution in [0.2, 0.25) is 0 Å². The molecule has 0 N–H and O–H groups in total. The molecule has 0 bridgehead atoms. The lowest BCUT2D eigenvalue weighted by Crippen LogP contribution is -2.37. The van der Waals surface area contributed by atoms with Gasteiger partial charge in [-0.05, 0) is 26.2 Å². The third-order valence-corrected chi connectivity index (χ3v) is 5.52. The van der Waals surface area contributed by atoms with Gasteiger partial charge in [-0.2, -0.15) is 0 Å². The van der Waals surface area contributed by atoms with Crippen molar-refractivity contribution in [3.05, 3.63) is 47.7 Å². The second kappa shape index (κ2) is 8.79. The van der Waals surface area contributed by atoms with Crippen molar-refractivity contribution in [2.45, 2.75) is 33.0 Å². The lowest BCUT2D eigenvalue weighted by Gasteiger charge is -2.34. The molecule has 0 amide bonds. The Hall–Kier alpha value is -2.32. The molecule has 150 valence electrons. The Morgan fingerprint density at radius 3 is 2.71 bits per heavy atom. The smallest absolute Gasteiger partial charge is 0.189 e. The number of hydrogen-bond donors (Lipinski definition) is 0. The zero-order chi connectivity index (χ0) is 20.3.